The van der Waals surface area contributed by atoms with Gasteiger partial charge in [0.15, 0.2) is 0 Å². The van der Waals surface area contributed by atoms with Crippen molar-refractivity contribution in [3.8, 4) is 0 Å². The van der Waals surface area contributed by atoms with Gasteiger partial charge in [-0.25, -0.2) is 0 Å². The largest absolute Gasteiger partial charge is 0.335 e. The minimum atomic E-state index is -0.519. The van der Waals surface area contributed by atoms with Crippen LogP contribution in [0.2, 0.25) is 10.0 Å². The number of amides is 2. The van der Waals surface area contributed by atoms with Crippen LogP contribution in [0, 0.1) is 10.1 Å². The highest BCUT2D eigenvalue weighted by atomic mass is 35.5. The number of hydrogen-bond donors (Lipinski definition) is 0. The Morgan fingerprint density at radius 2 is 1.58 bits per heavy atom. The maximum atomic E-state index is 12.5. The Balaban J connectivity index is 1.62. The van der Waals surface area contributed by atoms with E-state index < -0.39 is 4.92 Å². The van der Waals surface area contributed by atoms with Crippen LogP contribution in [0.5, 0.6) is 0 Å². The van der Waals surface area contributed by atoms with Crippen molar-refractivity contribution in [3.05, 3.63) is 60.9 Å². The molecule has 2 heterocycles. The van der Waals surface area contributed by atoms with E-state index in [-0.39, 0.29) is 16.8 Å². The number of rotatable bonds is 3. The Kier molecular flexibility index (Phi) is 5.45. The van der Waals surface area contributed by atoms with Gasteiger partial charge >= 0.3 is 5.00 Å². The van der Waals surface area contributed by atoms with Crippen molar-refractivity contribution in [1.29, 1.82) is 0 Å². The standard InChI is InChI=1S/C16H13Cl2N3O4S/c17-11-2-1-10(9-12(11)18)15(22)19-5-7-20(8-6-19)16(23)13-3-4-14(26-13)21(24)25/h1-4,9H,5-8H2. The van der Waals surface area contributed by atoms with Crippen molar-refractivity contribution in [1.82, 2.24) is 9.80 Å². The summed E-state index contributed by atoms with van der Waals surface area (Å²) in [4.78, 5) is 38.8. The lowest BCUT2D eigenvalue weighted by molar-refractivity contribution is -0.380. The van der Waals surface area contributed by atoms with Gasteiger partial charge in [0, 0.05) is 37.8 Å². The van der Waals surface area contributed by atoms with Crippen molar-refractivity contribution >= 4 is 51.4 Å². The Bertz CT molecular complexity index is 878. The normalized spacial score (nSPS) is 14.4. The molecule has 1 aromatic carbocycles. The molecule has 0 spiro atoms. The third-order valence-electron chi connectivity index (χ3n) is 4.00. The number of carbonyl (C=O) groups excluding carboxylic acids is 2. The van der Waals surface area contributed by atoms with Crippen molar-refractivity contribution in [2.24, 2.45) is 0 Å². The van der Waals surface area contributed by atoms with Crippen LogP contribution in [-0.4, -0.2) is 52.7 Å². The van der Waals surface area contributed by atoms with Crippen LogP contribution in [0.1, 0.15) is 20.0 Å². The minimum absolute atomic E-state index is 0.0678. The summed E-state index contributed by atoms with van der Waals surface area (Å²) in [7, 11) is 0. The fourth-order valence-electron chi connectivity index (χ4n) is 2.62. The molecule has 7 nitrogen and oxygen atoms in total. The summed E-state index contributed by atoms with van der Waals surface area (Å²) in [6, 6.07) is 7.48. The SMILES string of the molecule is O=C(c1ccc(Cl)c(Cl)c1)N1CCN(C(=O)c2ccc([N+](=O)[O-])s2)CC1. The molecule has 0 unspecified atom stereocenters. The van der Waals surface area contributed by atoms with Crippen molar-refractivity contribution in [2.75, 3.05) is 26.2 Å². The van der Waals surface area contributed by atoms with E-state index in [4.69, 9.17) is 23.2 Å². The highest BCUT2D eigenvalue weighted by Crippen LogP contribution is 2.26. The van der Waals surface area contributed by atoms with Gasteiger partial charge in [0.05, 0.1) is 19.8 Å². The molecule has 1 aliphatic heterocycles. The summed E-state index contributed by atoms with van der Waals surface area (Å²) in [5.74, 6) is -0.438. The highest BCUT2D eigenvalue weighted by molar-refractivity contribution is 7.17. The molecule has 26 heavy (non-hydrogen) atoms. The molecule has 0 aliphatic carbocycles. The maximum Gasteiger partial charge on any atom is 0.324 e. The zero-order valence-corrected chi connectivity index (χ0v) is 15.7. The molecule has 0 bridgehead atoms. The predicted molar refractivity (Wildman–Crippen MR) is 99.2 cm³/mol. The molecule has 136 valence electrons. The summed E-state index contributed by atoms with van der Waals surface area (Å²) in [5.41, 5.74) is 0.438. The molecule has 0 N–H and O–H groups in total. The molecule has 0 atom stereocenters. The van der Waals surface area contributed by atoms with E-state index in [1.165, 1.54) is 18.2 Å². The fourth-order valence-corrected chi connectivity index (χ4v) is 3.71. The van der Waals surface area contributed by atoms with E-state index in [2.05, 4.69) is 0 Å². The second-order valence-electron chi connectivity index (χ2n) is 5.61. The molecule has 3 rings (SSSR count). The van der Waals surface area contributed by atoms with E-state index in [1.54, 1.807) is 21.9 Å². The lowest BCUT2D eigenvalue weighted by Gasteiger charge is -2.34. The summed E-state index contributed by atoms with van der Waals surface area (Å²) in [6.07, 6.45) is 0. The molecule has 1 saturated heterocycles. The van der Waals surface area contributed by atoms with E-state index in [0.717, 1.165) is 11.3 Å². The van der Waals surface area contributed by atoms with Crippen molar-refractivity contribution < 1.29 is 14.5 Å². The quantitative estimate of drug-likeness (QED) is 0.568. The van der Waals surface area contributed by atoms with E-state index >= 15 is 0 Å². The van der Waals surface area contributed by atoms with Gasteiger partial charge in [-0.2, -0.15) is 0 Å². The van der Waals surface area contributed by atoms with Crippen LogP contribution in [0.25, 0.3) is 0 Å². The Morgan fingerprint density at radius 1 is 0.962 bits per heavy atom. The minimum Gasteiger partial charge on any atom is -0.335 e. The number of halogens is 2. The molecule has 10 heteroatoms. The summed E-state index contributed by atoms with van der Waals surface area (Å²) < 4.78 is 0. The smallest absolute Gasteiger partial charge is 0.324 e. The first-order valence-electron chi connectivity index (χ1n) is 7.64. The molecule has 1 aromatic heterocycles. The third-order valence-corrected chi connectivity index (χ3v) is 5.77. The number of benzene rings is 1. The summed E-state index contributed by atoms with van der Waals surface area (Å²) >= 11 is 12.7. The molecular formula is C16H13Cl2N3O4S. The van der Waals surface area contributed by atoms with Gasteiger partial charge in [0.1, 0.15) is 0 Å². The second-order valence-corrected chi connectivity index (χ2v) is 7.48. The van der Waals surface area contributed by atoms with E-state index in [1.807, 2.05) is 0 Å². The molecule has 0 radical (unpaired) electrons. The van der Waals surface area contributed by atoms with Gasteiger partial charge in [0.25, 0.3) is 11.8 Å². The second kappa shape index (κ2) is 7.61. The van der Waals surface area contributed by atoms with Crippen LogP contribution in [-0.2, 0) is 0 Å². The maximum absolute atomic E-state index is 12.5. The molecule has 2 aromatic rings. The van der Waals surface area contributed by atoms with E-state index in [9.17, 15) is 19.7 Å². The predicted octanol–water partition coefficient (Wildman–Crippen LogP) is 3.56. The van der Waals surface area contributed by atoms with Gasteiger partial charge < -0.3 is 9.80 Å². The number of hydrogen-bond acceptors (Lipinski definition) is 5. The van der Waals surface area contributed by atoms with Gasteiger partial charge in [-0.15, -0.1) is 0 Å². The zero-order chi connectivity index (χ0) is 18.8. The van der Waals surface area contributed by atoms with Gasteiger partial charge in [-0.1, -0.05) is 34.5 Å². The summed E-state index contributed by atoms with van der Waals surface area (Å²) in [6.45, 7) is 1.46. The van der Waals surface area contributed by atoms with Crippen LogP contribution in [0.4, 0.5) is 5.00 Å². The number of piperazine rings is 1. The molecule has 1 fully saturated rings. The fraction of sp³-hybridized carbons (Fsp3) is 0.250. The van der Waals surface area contributed by atoms with Gasteiger partial charge in [0.2, 0.25) is 0 Å². The Morgan fingerprint density at radius 3 is 2.12 bits per heavy atom. The molecule has 0 saturated carbocycles. The molecule has 2 amide bonds. The van der Waals surface area contributed by atoms with Crippen molar-refractivity contribution in [3.63, 3.8) is 0 Å². The van der Waals surface area contributed by atoms with Crippen LogP contribution >= 0.6 is 34.5 Å². The monoisotopic (exact) mass is 413 g/mol. The first-order chi connectivity index (χ1) is 12.4. The molecular weight excluding hydrogens is 401 g/mol. The van der Waals surface area contributed by atoms with Gasteiger partial charge in [-0.05, 0) is 24.3 Å². The van der Waals surface area contributed by atoms with Crippen LogP contribution in [0.3, 0.4) is 0 Å². The lowest BCUT2D eigenvalue weighted by atomic mass is 10.2. The number of nitro groups is 1. The number of carbonyl (C=O) groups is 2. The van der Waals surface area contributed by atoms with Crippen LogP contribution in [0.15, 0.2) is 30.3 Å². The van der Waals surface area contributed by atoms with Gasteiger partial charge in [-0.3, -0.25) is 19.7 Å². The Hall–Kier alpha value is -2.16. The zero-order valence-electron chi connectivity index (χ0n) is 13.4. The highest BCUT2D eigenvalue weighted by Gasteiger charge is 2.27. The number of nitrogens with zero attached hydrogens (tertiary/aromatic N) is 3. The Labute approximate surface area is 162 Å². The molecule has 1 aliphatic rings. The third kappa shape index (κ3) is 3.82. The first kappa shape index (κ1) is 18.6. The summed E-state index contributed by atoms with van der Waals surface area (Å²) in [5, 5.41) is 11.4. The topological polar surface area (TPSA) is 83.8 Å². The lowest BCUT2D eigenvalue weighted by Crippen LogP contribution is -2.50. The van der Waals surface area contributed by atoms with E-state index in [0.29, 0.717) is 46.7 Å². The van der Waals surface area contributed by atoms with Crippen molar-refractivity contribution in [2.45, 2.75) is 0 Å². The van der Waals surface area contributed by atoms with Crippen LogP contribution < -0.4 is 0 Å². The average molecular weight is 414 g/mol. The average Bonchev–Trinajstić information content (AvgIpc) is 3.13. The first-order valence-corrected chi connectivity index (χ1v) is 9.22. The number of thiophene rings is 1.